The molecule has 0 aliphatic rings. The molecular weight excluding hydrogens is 290 g/mol. The average Bonchev–Trinajstić information content (AvgIpc) is 2.43. The van der Waals surface area contributed by atoms with E-state index in [0.717, 1.165) is 12.8 Å². The summed E-state index contributed by atoms with van der Waals surface area (Å²) < 4.78 is 0. The van der Waals surface area contributed by atoms with Crippen LogP contribution in [0.1, 0.15) is 64.7 Å². The number of nitrogens with two attached hydrogens (primary N) is 1. The Bertz CT molecular complexity index is 299. The van der Waals surface area contributed by atoms with Crippen LogP contribution < -0.4 is 15.9 Å². The largest absolute Gasteiger partial charge is 0.549 e. The Kier molecular flexibility index (Phi) is 12.5. The highest BCUT2D eigenvalue weighted by atomic mass is 32.2. The minimum atomic E-state index is -1.42. The van der Waals surface area contributed by atoms with Crippen molar-refractivity contribution in [1.29, 1.82) is 0 Å². The average molecular weight is 317 g/mol. The van der Waals surface area contributed by atoms with E-state index in [4.69, 9.17) is 5.73 Å². The lowest BCUT2D eigenvalue weighted by atomic mass is 10.1. The van der Waals surface area contributed by atoms with Gasteiger partial charge >= 0.3 is 0 Å². The lowest BCUT2D eigenvalue weighted by Crippen LogP contribution is -2.46. The van der Waals surface area contributed by atoms with Gasteiger partial charge in [0.05, 0.1) is 11.9 Å². The molecule has 0 spiro atoms. The molecular formula is C15H27NO4S-2. The molecule has 0 heterocycles. The fourth-order valence-electron chi connectivity index (χ4n) is 2.02. The molecule has 2 atom stereocenters. The van der Waals surface area contributed by atoms with Crippen LogP contribution in [-0.4, -0.2) is 29.0 Å². The number of unbranched alkanes of at least 4 members (excludes halogenated alkanes) is 7. The van der Waals surface area contributed by atoms with Crippen LogP contribution in [0.2, 0.25) is 0 Å². The Balaban J connectivity index is 3.66. The number of carboxylic acid groups (broad SMARTS) is 2. The summed E-state index contributed by atoms with van der Waals surface area (Å²) in [5.41, 5.74) is 5.30. The summed E-state index contributed by atoms with van der Waals surface area (Å²) in [4.78, 5) is 21.4. The molecule has 2 N–H and O–H groups in total. The van der Waals surface area contributed by atoms with Gasteiger partial charge in [-0.15, -0.1) is 0 Å². The normalized spacial score (nSPS) is 13.8. The number of hydrogen-bond acceptors (Lipinski definition) is 6. The quantitative estimate of drug-likeness (QED) is 0.466. The second-order valence-electron chi connectivity index (χ2n) is 5.31. The number of hydrogen-bond donors (Lipinski definition) is 1. The number of carbonyl (C=O) groups is 2. The van der Waals surface area contributed by atoms with Crippen molar-refractivity contribution in [3.63, 3.8) is 0 Å². The fourth-order valence-corrected chi connectivity index (χ4v) is 3.16. The van der Waals surface area contributed by atoms with Crippen molar-refractivity contribution in [2.75, 3.05) is 5.75 Å². The van der Waals surface area contributed by atoms with Gasteiger partial charge in [-0.05, 0) is 18.6 Å². The van der Waals surface area contributed by atoms with Gasteiger partial charge in [0.1, 0.15) is 0 Å². The first-order valence-electron chi connectivity index (χ1n) is 7.78. The lowest BCUT2D eigenvalue weighted by Gasteiger charge is -2.22. The maximum atomic E-state index is 10.9. The van der Waals surface area contributed by atoms with Crippen molar-refractivity contribution in [2.24, 2.45) is 5.73 Å². The second-order valence-corrected chi connectivity index (χ2v) is 6.63. The number of carbonyl (C=O) groups excluding carboxylic acids is 2. The van der Waals surface area contributed by atoms with E-state index in [1.165, 1.54) is 50.3 Å². The molecule has 0 bridgehead atoms. The second kappa shape index (κ2) is 13.0. The fraction of sp³-hybridized carbons (Fsp3) is 0.867. The zero-order valence-corrected chi connectivity index (χ0v) is 13.7. The van der Waals surface area contributed by atoms with Crippen LogP contribution in [0, 0.1) is 0 Å². The first-order chi connectivity index (χ1) is 9.99. The van der Waals surface area contributed by atoms with Gasteiger partial charge in [-0.3, -0.25) is 0 Å². The van der Waals surface area contributed by atoms with Gasteiger partial charge in [-0.2, -0.15) is 11.8 Å². The molecule has 0 saturated heterocycles. The standard InChI is InChI=1S/C15H29NO4S/c1-2-3-4-5-6-7-8-9-10-21-13(15(19)20)11-12(16)14(17)18/h12-13H,2-11,16H2,1H3,(H,17,18)(H,19,20)/p-2/t12-,13?/m0/s1. The Morgan fingerprint density at radius 3 is 1.95 bits per heavy atom. The predicted molar refractivity (Wildman–Crippen MR) is 81.5 cm³/mol. The summed E-state index contributed by atoms with van der Waals surface area (Å²) in [6.07, 6.45) is 9.35. The molecule has 5 nitrogen and oxygen atoms in total. The SMILES string of the molecule is CCCCCCCCCCSC(C[C@H](N)C(=O)[O-])C(=O)[O-]. The van der Waals surface area contributed by atoms with Gasteiger partial charge in [0.15, 0.2) is 0 Å². The van der Waals surface area contributed by atoms with Crippen LogP contribution in [0.3, 0.4) is 0 Å². The third-order valence-corrected chi connectivity index (χ3v) is 4.66. The minimum absolute atomic E-state index is 0.146. The maximum Gasteiger partial charge on any atom is 0.0582 e. The highest BCUT2D eigenvalue weighted by Gasteiger charge is 2.15. The topological polar surface area (TPSA) is 106 Å². The smallest absolute Gasteiger partial charge is 0.0582 e. The monoisotopic (exact) mass is 317 g/mol. The van der Waals surface area contributed by atoms with Gasteiger partial charge in [0, 0.05) is 11.3 Å². The summed E-state index contributed by atoms with van der Waals surface area (Å²) in [7, 11) is 0. The van der Waals surface area contributed by atoms with Gasteiger partial charge in [0.2, 0.25) is 0 Å². The summed E-state index contributed by atoms with van der Waals surface area (Å²) in [5, 5.41) is 20.6. The van der Waals surface area contributed by atoms with Crippen molar-refractivity contribution >= 4 is 23.7 Å². The molecule has 124 valence electrons. The van der Waals surface area contributed by atoms with E-state index in [2.05, 4.69) is 6.92 Å². The van der Waals surface area contributed by atoms with Crippen LogP contribution in [0.5, 0.6) is 0 Å². The molecule has 0 rings (SSSR count). The van der Waals surface area contributed by atoms with Crippen LogP contribution in [0.15, 0.2) is 0 Å². The van der Waals surface area contributed by atoms with Crippen molar-refractivity contribution < 1.29 is 19.8 Å². The van der Waals surface area contributed by atoms with Gasteiger partial charge in [-0.25, -0.2) is 0 Å². The number of carboxylic acids is 2. The van der Waals surface area contributed by atoms with Crippen molar-refractivity contribution in [3.8, 4) is 0 Å². The zero-order chi connectivity index (χ0) is 16.1. The van der Waals surface area contributed by atoms with Crippen LogP contribution >= 0.6 is 11.8 Å². The molecule has 6 heteroatoms. The minimum Gasteiger partial charge on any atom is -0.549 e. The molecule has 0 aromatic heterocycles. The lowest BCUT2D eigenvalue weighted by molar-refractivity contribution is -0.308. The third kappa shape index (κ3) is 11.6. The molecule has 0 fully saturated rings. The zero-order valence-electron chi connectivity index (χ0n) is 12.8. The Morgan fingerprint density at radius 1 is 0.952 bits per heavy atom. The van der Waals surface area contributed by atoms with Gasteiger partial charge in [-0.1, -0.05) is 51.9 Å². The molecule has 0 aromatic carbocycles. The molecule has 0 saturated carbocycles. The Labute approximate surface area is 131 Å². The van der Waals surface area contributed by atoms with E-state index in [-0.39, 0.29) is 6.42 Å². The third-order valence-electron chi connectivity index (χ3n) is 3.35. The molecule has 0 aromatic rings. The van der Waals surface area contributed by atoms with E-state index < -0.39 is 23.2 Å². The van der Waals surface area contributed by atoms with Crippen LogP contribution in [-0.2, 0) is 9.59 Å². The molecule has 0 amide bonds. The molecule has 1 unspecified atom stereocenters. The molecule has 0 radical (unpaired) electrons. The highest BCUT2D eigenvalue weighted by Crippen LogP contribution is 2.18. The van der Waals surface area contributed by atoms with E-state index in [9.17, 15) is 19.8 Å². The van der Waals surface area contributed by atoms with Gasteiger partial charge < -0.3 is 25.5 Å². The van der Waals surface area contributed by atoms with E-state index in [1.807, 2.05) is 0 Å². The Hall–Kier alpha value is -0.750. The summed E-state index contributed by atoms with van der Waals surface area (Å²) in [6, 6.07) is -1.25. The van der Waals surface area contributed by atoms with E-state index in [0.29, 0.717) is 5.75 Å². The van der Waals surface area contributed by atoms with Crippen molar-refractivity contribution in [3.05, 3.63) is 0 Å². The Morgan fingerprint density at radius 2 is 1.48 bits per heavy atom. The first-order valence-corrected chi connectivity index (χ1v) is 8.82. The predicted octanol–water partition coefficient (Wildman–Crippen LogP) is 0.446. The molecule has 0 aliphatic carbocycles. The van der Waals surface area contributed by atoms with E-state index >= 15 is 0 Å². The van der Waals surface area contributed by atoms with Crippen LogP contribution in [0.4, 0.5) is 0 Å². The van der Waals surface area contributed by atoms with Crippen molar-refractivity contribution in [1.82, 2.24) is 0 Å². The number of aliphatic carboxylic acids is 2. The first kappa shape index (κ1) is 20.2. The molecule has 0 aliphatic heterocycles. The summed E-state index contributed by atoms with van der Waals surface area (Å²) in [6.45, 7) is 2.19. The summed E-state index contributed by atoms with van der Waals surface area (Å²) in [5.74, 6) is -1.99. The number of rotatable bonds is 14. The van der Waals surface area contributed by atoms with Gasteiger partial charge in [0.25, 0.3) is 0 Å². The maximum absolute atomic E-state index is 10.9. The van der Waals surface area contributed by atoms with Crippen LogP contribution in [0.25, 0.3) is 0 Å². The molecule has 21 heavy (non-hydrogen) atoms. The van der Waals surface area contributed by atoms with Crippen molar-refractivity contribution in [2.45, 2.75) is 76.0 Å². The number of thioether (sulfide) groups is 1. The summed E-state index contributed by atoms with van der Waals surface area (Å²) >= 11 is 1.21. The highest BCUT2D eigenvalue weighted by molar-refractivity contribution is 8.00. The van der Waals surface area contributed by atoms with E-state index in [1.54, 1.807) is 0 Å².